The maximum absolute atomic E-state index is 12.9. The summed E-state index contributed by atoms with van der Waals surface area (Å²) < 4.78 is 18.5. The van der Waals surface area contributed by atoms with Crippen molar-refractivity contribution in [2.24, 2.45) is 5.41 Å². The lowest BCUT2D eigenvalue weighted by atomic mass is 9.71. The van der Waals surface area contributed by atoms with Crippen molar-refractivity contribution in [2.75, 3.05) is 12.4 Å². The fourth-order valence-corrected chi connectivity index (χ4v) is 2.23. The van der Waals surface area contributed by atoms with Crippen molar-refractivity contribution in [3.63, 3.8) is 0 Å². The first-order valence-electron chi connectivity index (χ1n) is 5.23. The molecule has 1 aliphatic carbocycles. The number of rotatable bonds is 4. The maximum Gasteiger partial charge on any atom is 0.126 e. The van der Waals surface area contributed by atoms with E-state index in [-0.39, 0.29) is 11.2 Å². The average Bonchev–Trinajstić information content (AvgIpc) is 2.17. The summed E-state index contributed by atoms with van der Waals surface area (Å²) in [6.07, 6.45) is 3.60. The molecular weight excluding hydrogens is 211 g/mol. The van der Waals surface area contributed by atoms with Gasteiger partial charge in [0.1, 0.15) is 11.6 Å². The van der Waals surface area contributed by atoms with Gasteiger partial charge in [-0.1, -0.05) is 12.5 Å². The lowest BCUT2D eigenvalue weighted by molar-refractivity contribution is 0.0828. The fraction of sp³-hybridized carbons (Fsp3) is 0.500. The van der Waals surface area contributed by atoms with Crippen LogP contribution >= 0.6 is 12.6 Å². The molecule has 1 aromatic carbocycles. The highest BCUT2D eigenvalue weighted by Gasteiger charge is 2.36. The summed E-state index contributed by atoms with van der Waals surface area (Å²) in [6, 6.07) is 6.29. The monoisotopic (exact) mass is 226 g/mol. The molecule has 2 rings (SSSR count). The molecule has 3 heteroatoms. The van der Waals surface area contributed by atoms with Gasteiger partial charge in [-0.25, -0.2) is 4.39 Å². The quantitative estimate of drug-likeness (QED) is 0.775. The van der Waals surface area contributed by atoms with E-state index < -0.39 is 0 Å². The zero-order valence-electron chi connectivity index (χ0n) is 8.58. The molecule has 0 saturated heterocycles. The summed E-state index contributed by atoms with van der Waals surface area (Å²) in [5.74, 6) is 1.21. The second kappa shape index (κ2) is 4.44. The molecule has 1 saturated carbocycles. The van der Waals surface area contributed by atoms with Crippen LogP contribution in [0.15, 0.2) is 24.3 Å². The number of benzene rings is 1. The van der Waals surface area contributed by atoms with E-state index >= 15 is 0 Å². The molecule has 82 valence electrons. The predicted molar refractivity (Wildman–Crippen MR) is 62.0 cm³/mol. The minimum absolute atomic E-state index is 0.232. The van der Waals surface area contributed by atoms with Gasteiger partial charge in [-0.15, -0.1) is 0 Å². The van der Waals surface area contributed by atoms with E-state index in [1.54, 1.807) is 12.1 Å². The predicted octanol–water partition coefficient (Wildman–Crippen LogP) is 3.30. The van der Waals surface area contributed by atoms with Gasteiger partial charge in [-0.3, -0.25) is 0 Å². The van der Waals surface area contributed by atoms with E-state index in [9.17, 15) is 4.39 Å². The van der Waals surface area contributed by atoms with Crippen molar-refractivity contribution in [3.8, 4) is 5.75 Å². The largest absolute Gasteiger partial charge is 0.493 e. The standard InChI is InChI=1S/C12H15FOS/c13-10-3-1-4-11(7-10)14-8-12(9-15)5-2-6-12/h1,3-4,7,15H,2,5-6,8-9H2. The van der Waals surface area contributed by atoms with Crippen LogP contribution in [0.1, 0.15) is 19.3 Å². The minimum Gasteiger partial charge on any atom is -0.493 e. The summed E-state index contributed by atoms with van der Waals surface area (Å²) >= 11 is 4.35. The van der Waals surface area contributed by atoms with Crippen molar-refractivity contribution in [2.45, 2.75) is 19.3 Å². The van der Waals surface area contributed by atoms with Crippen molar-refractivity contribution in [1.82, 2.24) is 0 Å². The molecule has 0 unspecified atom stereocenters. The van der Waals surface area contributed by atoms with Gasteiger partial charge in [0.15, 0.2) is 0 Å². The smallest absolute Gasteiger partial charge is 0.126 e. The van der Waals surface area contributed by atoms with Crippen molar-refractivity contribution >= 4 is 12.6 Å². The molecule has 0 aromatic heterocycles. The Morgan fingerprint density at radius 2 is 2.20 bits per heavy atom. The number of thiol groups is 1. The van der Waals surface area contributed by atoms with Crippen LogP contribution in [0.25, 0.3) is 0 Å². The Bertz CT molecular complexity index is 331. The number of halogens is 1. The van der Waals surface area contributed by atoms with Gasteiger partial charge in [0.25, 0.3) is 0 Å². The Balaban J connectivity index is 1.92. The molecule has 1 aliphatic rings. The second-order valence-electron chi connectivity index (χ2n) is 4.26. The topological polar surface area (TPSA) is 9.23 Å². The molecule has 0 amide bonds. The van der Waals surface area contributed by atoms with Crippen LogP contribution in [-0.4, -0.2) is 12.4 Å². The highest BCUT2D eigenvalue weighted by molar-refractivity contribution is 7.80. The van der Waals surface area contributed by atoms with E-state index in [0.717, 1.165) is 5.75 Å². The molecule has 1 nitrogen and oxygen atoms in total. The molecule has 0 heterocycles. The van der Waals surface area contributed by atoms with Crippen molar-refractivity contribution in [3.05, 3.63) is 30.1 Å². The van der Waals surface area contributed by atoms with Crippen LogP contribution in [0.3, 0.4) is 0 Å². The summed E-state index contributed by atoms with van der Waals surface area (Å²) in [5.41, 5.74) is 0.232. The average molecular weight is 226 g/mol. The third-order valence-corrected chi connectivity index (χ3v) is 3.76. The van der Waals surface area contributed by atoms with E-state index in [1.165, 1.54) is 31.4 Å². The van der Waals surface area contributed by atoms with Gasteiger partial charge in [0.2, 0.25) is 0 Å². The normalized spacial score (nSPS) is 18.3. The molecule has 15 heavy (non-hydrogen) atoms. The molecule has 0 N–H and O–H groups in total. The van der Waals surface area contributed by atoms with Crippen LogP contribution < -0.4 is 4.74 Å². The first-order chi connectivity index (χ1) is 7.24. The maximum atomic E-state index is 12.9. The van der Waals surface area contributed by atoms with Crippen LogP contribution in [0, 0.1) is 11.2 Å². The summed E-state index contributed by atoms with van der Waals surface area (Å²) in [7, 11) is 0. The molecule has 0 spiro atoms. The second-order valence-corrected chi connectivity index (χ2v) is 4.57. The van der Waals surface area contributed by atoms with Crippen LogP contribution in [0.2, 0.25) is 0 Å². The van der Waals surface area contributed by atoms with Gasteiger partial charge in [-0.2, -0.15) is 12.6 Å². The Kier molecular flexibility index (Phi) is 3.19. The lowest BCUT2D eigenvalue weighted by Gasteiger charge is -2.40. The molecule has 0 aliphatic heterocycles. The van der Waals surface area contributed by atoms with Crippen molar-refractivity contribution < 1.29 is 9.13 Å². The van der Waals surface area contributed by atoms with E-state index in [2.05, 4.69) is 12.6 Å². The third-order valence-electron chi connectivity index (χ3n) is 3.09. The van der Waals surface area contributed by atoms with Crippen LogP contribution in [-0.2, 0) is 0 Å². The van der Waals surface area contributed by atoms with Crippen LogP contribution in [0.5, 0.6) is 5.75 Å². The highest BCUT2D eigenvalue weighted by Crippen LogP contribution is 2.42. The van der Waals surface area contributed by atoms with E-state index in [1.807, 2.05) is 0 Å². The van der Waals surface area contributed by atoms with E-state index in [0.29, 0.717) is 12.4 Å². The third kappa shape index (κ3) is 2.46. The van der Waals surface area contributed by atoms with Gasteiger partial charge < -0.3 is 4.74 Å². The SMILES string of the molecule is Fc1cccc(OCC2(CS)CCC2)c1. The number of hydrogen-bond donors (Lipinski definition) is 1. The van der Waals surface area contributed by atoms with Crippen molar-refractivity contribution in [1.29, 1.82) is 0 Å². The lowest BCUT2D eigenvalue weighted by Crippen LogP contribution is -2.37. The van der Waals surface area contributed by atoms with Gasteiger partial charge in [-0.05, 0) is 30.7 Å². The summed E-state index contributed by atoms with van der Waals surface area (Å²) in [5, 5.41) is 0. The van der Waals surface area contributed by atoms with Crippen LogP contribution in [0.4, 0.5) is 4.39 Å². The summed E-state index contributed by atoms with van der Waals surface area (Å²) in [6.45, 7) is 0.653. The van der Waals surface area contributed by atoms with Gasteiger partial charge in [0.05, 0.1) is 6.61 Å². The number of hydrogen-bond acceptors (Lipinski definition) is 2. The molecule has 1 aromatic rings. The first kappa shape index (κ1) is 10.8. The Morgan fingerprint density at radius 3 is 2.73 bits per heavy atom. The molecule has 0 radical (unpaired) electrons. The Morgan fingerprint density at radius 1 is 1.40 bits per heavy atom. The zero-order valence-corrected chi connectivity index (χ0v) is 9.47. The summed E-state index contributed by atoms with van der Waals surface area (Å²) in [4.78, 5) is 0. The number of ether oxygens (including phenoxy) is 1. The Hall–Kier alpha value is -0.700. The minimum atomic E-state index is -0.249. The molecule has 0 bridgehead atoms. The molecular formula is C12H15FOS. The zero-order chi connectivity index (χ0) is 10.7. The fourth-order valence-electron chi connectivity index (χ4n) is 1.82. The molecule has 0 atom stereocenters. The first-order valence-corrected chi connectivity index (χ1v) is 5.87. The van der Waals surface area contributed by atoms with Gasteiger partial charge >= 0.3 is 0 Å². The highest BCUT2D eigenvalue weighted by atomic mass is 32.1. The van der Waals surface area contributed by atoms with Gasteiger partial charge in [0, 0.05) is 11.5 Å². The molecule has 1 fully saturated rings. The van der Waals surface area contributed by atoms with E-state index in [4.69, 9.17) is 4.74 Å². The Labute approximate surface area is 95.0 Å².